The fourth-order valence-corrected chi connectivity index (χ4v) is 2.77. The molecular formula is C19H32ClN. The molecule has 0 spiro atoms. The zero-order valence-electron chi connectivity index (χ0n) is 14.2. The van der Waals surface area contributed by atoms with Crippen molar-refractivity contribution in [3.05, 3.63) is 34.9 Å². The van der Waals surface area contributed by atoms with E-state index >= 15 is 0 Å². The normalized spacial score (nSPS) is 13.4. The summed E-state index contributed by atoms with van der Waals surface area (Å²) in [5.74, 6) is 0.560. The molecule has 0 radical (unpaired) electrons. The zero-order chi connectivity index (χ0) is 15.7. The lowest BCUT2D eigenvalue weighted by Crippen LogP contribution is -2.38. The Morgan fingerprint density at radius 2 is 1.81 bits per heavy atom. The fourth-order valence-electron chi connectivity index (χ4n) is 2.57. The van der Waals surface area contributed by atoms with E-state index < -0.39 is 0 Å². The van der Waals surface area contributed by atoms with Gasteiger partial charge < -0.3 is 5.32 Å². The lowest BCUT2D eigenvalue weighted by Gasteiger charge is -2.26. The molecule has 1 aromatic rings. The van der Waals surface area contributed by atoms with Crippen molar-refractivity contribution in [1.82, 2.24) is 5.32 Å². The number of hydrogen-bond acceptors (Lipinski definition) is 1. The minimum Gasteiger partial charge on any atom is -0.311 e. The molecule has 1 rings (SSSR count). The Bertz CT molecular complexity index is 395. The van der Waals surface area contributed by atoms with Crippen molar-refractivity contribution in [2.45, 2.75) is 77.7 Å². The molecule has 0 aromatic heterocycles. The number of unbranched alkanes of at least 4 members (excludes halogenated alkanes) is 4. The molecule has 0 heterocycles. The summed E-state index contributed by atoms with van der Waals surface area (Å²) in [6.45, 7) is 9.97. The van der Waals surface area contributed by atoms with E-state index in [9.17, 15) is 0 Å². The molecule has 0 saturated carbocycles. The highest BCUT2D eigenvalue weighted by atomic mass is 35.5. The Morgan fingerprint density at radius 3 is 2.43 bits per heavy atom. The van der Waals surface area contributed by atoms with E-state index in [0.29, 0.717) is 5.92 Å². The molecule has 0 amide bonds. The average Bonchev–Trinajstić information content (AvgIpc) is 2.40. The highest BCUT2D eigenvalue weighted by molar-refractivity contribution is 6.30. The Morgan fingerprint density at radius 1 is 1.10 bits per heavy atom. The second kappa shape index (κ2) is 9.48. The molecule has 1 atom stereocenters. The van der Waals surface area contributed by atoms with Crippen LogP contribution in [0.3, 0.4) is 0 Å². The molecule has 0 aliphatic rings. The van der Waals surface area contributed by atoms with Crippen molar-refractivity contribution in [1.29, 1.82) is 0 Å². The molecule has 1 unspecified atom stereocenters. The standard InChI is InChI=1S/C19H32ClN/c1-5-6-7-8-9-11-17(15-21-19(2,3)4)16-12-10-13-18(20)14-16/h10,12-14,17,21H,5-9,11,15H2,1-4H3. The summed E-state index contributed by atoms with van der Waals surface area (Å²) in [6, 6.07) is 8.37. The van der Waals surface area contributed by atoms with E-state index in [1.807, 2.05) is 6.07 Å². The second-order valence-electron chi connectivity index (χ2n) is 7.09. The number of benzene rings is 1. The first-order valence-corrected chi connectivity index (χ1v) is 8.80. The minimum absolute atomic E-state index is 0.166. The highest BCUT2D eigenvalue weighted by Crippen LogP contribution is 2.25. The average molecular weight is 310 g/mol. The van der Waals surface area contributed by atoms with Gasteiger partial charge in [0.25, 0.3) is 0 Å². The van der Waals surface area contributed by atoms with E-state index in [-0.39, 0.29) is 5.54 Å². The van der Waals surface area contributed by atoms with Crippen LogP contribution in [0.15, 0.2) is 24.3 Å². The first-order chi connectivity index (χ1) is 9.92. The van der Waals surface area contributed by atoms with Crippen LogP contribution in [0.4, 0.5) is 0 Å². The van der Waals surface area contributed by atoms with Crippen LogP contribution in [0.1, 0.15) is 77.7 Å². The molecule has 1 aromatic carbocycles. The van der Waals surface area contributed by atoms with Gasteiger partial charge in [0.15, 0.2) is 0 Å². The van der Waals surface area contributed by atoms with E-state index in [1.165, 1.54) is 44.1 Å². The van der Waals surface area contributed by atoms with Crippen molar-refractivity contribution in [3.63, 3.8) is 0 Å². The van der Waals surface area contributed by atoms with Gasteiger partial charge in [0, 0.05) is 17.1 Å². The largest absolute Gasteiger partial charge is 0.311 e. The molecule has 0 saturated heterocycles. The van der Waals surface area contributed by atoms with Gasteiger partial charge in [-0.3, -0.25) is 0 Å². The quantitative estimate of drug-likeness (QED) is 0.538. The first kappa shape index (κ1) is 18.5. The summed E-state index contributed by atoms with van der Waals surface area (Å²) in [5, 5.41) is 4.50. The Balaban J connectivity index is 2.57. The van der Waals surface area contributed by atoms with Gasteiger partial charge in [-0.05, 0) is 50.8 Å². The Kier molecular flexibility index (Phi) is 8.36. The summed E-state index contributed by atoms with van der Waals surface area (Å²) in [5.41, 5.74) is 1.54. The minimum atomic E-state index is 0.166. The Hall–Kier alpha value is -0.530. The van der Waals surface area contributed by atoms with Crippen LogP contribution in [0, 0.1) is 0 Å². The molecule has 0 aliphatic carbocycles. The number of rotatable bonds is 9. The van der Waals surface area contributed by atoms with Gasteiger partial charge in [0.1, 0.15) is 0 Å². The van der Waals surface area contributed by atoms with E-state index in [0.717, 1.165) is 11.6 Å². The molecule has 120 valence electrons. The molecular weight excluding hydrogens is 278 g/mol. The molecule has 21 heavy (non-hydrogen) atoms. The van der Waals surface area contributed by atoms with E-state index in [2.05, 4.69) is 51.2 Å². The first-order valence-electron chi connectivity index (χ1n) is 8.43. The fraction of sp³-hybridized carbons (Fsp3) is 0.684. The lowest BCUT2D eigenvalue weighted by atomic mass is 9.92. The third kappa shape index (κ3) is 8.48. The third-order valence-corrected chi connectivity index (χ3v) is 4.09. The highest BCUT2D eigenvalue weighted by Gasteiger charge is 2.16. The number of hydrogen-bond donors (Lipinski definition) is 1. The monoisotopic (exact) mass is 309 g/mol. The predicted molar refractivity (Wildman–Crippen MR) is 95.3 cm³/mol. The van der Waals surface area contributed by atoms with Crippen molar-refractivity contribution in [3.8, 4) is 0 Å². The van der Waals surface area contributed by atoms with Gasteiger partial charge in [-0.1, -0.05) is 62.8 Å². The molecule has 0 bridgehead atoms. The summed E-state index contributed by atoms with van der Waals surface area (Å²) in [7, 11) is 0. The van der Waals surface area contributed by atoms with Gasteiger partial charge in [0.05, 0.1) is 0 Å². The van der Waals surface area contributed by atoms with Gasteiger partial charge in [-0.25, -0.2) is 0 Å². The van der Waals surface area contributed by atoms with Crippen LogP contribution in [0.25, 0.3) is 0 Å². The lowest BCUT2D eigenvalue weighted by molar-refractivity contribution is 0.393. The topological polar surface area (TPSA) is 12.0 Å². The smallest absolute Gasteiger partial charge is 0.0408 e. The second-order valence-corrected chi connectivity index (χ2v) is 7.52. The van der Waals surface area contributed by atoms with Crippen molar-refractivity contribution < 1.29 is 0 Å². The van der Waals surface area contributed by atoms with Crippen LogP contribution < -0.4 is 5.32 Å². The number of halogens is 1. The summed E-state index contributed by atoms with van der Waals surface area (Å²) in [4.78, 5) is 0. The van der Waals surface area contributed by atoms with Gasteiger partial charge >= 0.3 is 0 Å². The molecule has 0 fully saturated rings. The third-order valence-electron chi connectivity index (χ3n) is 3.86. The van der Waals surface area contributed by atoms with Crippen LogP contribution in [0.5, 0.6) is 0 Å². The maximum atomic E-state index is 6.16. The Labute approximate surface area is 136 Å². The molecule has 2 heteroatoms. The maximum absolute atomic E-state index is 6.16. The molecule has 1 N–H and O–H groups in total. The van der Waals surface area contributed by atoms with Crippen LogP contribution in [-0.4, -0.2) is 12.1 Å². The van der Waals surface area contributed by atoms with Crippen LogP contribution in [0.2, 0.25) is 5.02 Å². The van der Waals surface area contributed by atoms with Crippen LogP contribution in [-0.2, 0) is 0 Å². The summed E-state index contributed by atoms with van der Waals surface area (Å²) < 4.78 is 0. The van der Waals surface area contributed by atoms with Crippen LogP contribution >= 0.6 is 11.6 Å². The maximum Gasteiger partial charge on any atom is 0.0408 e. The number of nitrogens with one attached hydrogen (secondary N) is 1. The molecule has 1 nitrogen and oxygen atoms in total. The summed E-state index contributed by atoms with van der Waals surface area (Å²) in [6.07, 6.45) is 7.94. The van der Waals surface area contributed by atoms with Crippen molar-refractivity contribution >= 4 is 11.6 Å². The van der Waals surface area contributed by atoms with E-state index in [4.69, 9.17) is 11.6 Å². The van der Waals surface area contributed by atoms with Crippen molar-refractivity contribution in [2.75, 3.05) is 6.54 Å². The van der Waals surface area contributed by atoms with Gasteiger partial charge in [0.2, 0.25) is 0 Å². The predicted octanol–water partition coefficient (Wildman–Crippen LogP) is 6.17. The summed E-state index contributed by atoms with van der Waals surface area (Å²) >= 11 is 6.16. The zero-order valence-corrected chi connectivity index (χ0v) is 15.0. The van der Waals surface area contributed by atoms with Crippen molar-refractivity contribution in [2.24, 2.45) is 0 Å². The SMILES string of the molecule is CCCCCCCC(CNC(C)(C)C)c1cccc(Cl)c1. The molecule has 0 aliphatic heterocycles. The van der Waals surface area contributed by atoms with E-state index in [1.54, 1.807) is 0 Å². The van der Waals surface area contributed by atoms with Gasteiger partial charge in [-0.2, -0.15) is 0 Å². The van der Waals surface area contributed by atoms with Gasteiger partial charge in [-0.15, -0.1) is 0 Å².